The van der Waals surface area contributed by atoms with Gasteiger partial charge in [0.1, 0.15) is 0 Å². The Kier molecular flexibility index (Phi) is 6.88. The van der Waals surface area contributed by atoms with Crippen LogP contribution in [0.3, 0.4) is 0 Å². The van der Waals surface area contributed by atoms with Gasteiger partial charge in [-0.1, -0.05) is 30.3 Å². The van der Waals surface area contributed by atoms with Gasteiger partial charge in [-0.2, -0.15) is 0 Å². The van der Waals surface area contributed by atoms with Gasteiger partial charge in [0.15, 0.2) is 0 Å². The Hall–Kier alpha value is -2.71. The molecule has 0 aromatic heterocycles. The van der Waals surface area contributed by atoms with Crippen molar-refractivity contribution in [3.8, 4) is 0 Å². The van der Waals surface area contributed by atoms with Crippen molar-refractivity contribution in [1.29, 1.82) is 0 Å². The van der Waals surface area contributed by atoms with Crippen molar-refractivity contribution in [3.05, 3.63) is 65.7 Å². The van der Waals surface area contributed by atoms with Crippen molar-refractivity contribution in [2.75, 3.05) is 13.1 Å². The Morgan fingerprint density at radius 1 is 0.885 bits per heavy atom. The smallest absolute Gasteiger partial charge is 0.251 e. The van der Waals surface area contributed by atoms with Gasteiger partial charge >= 0.3 is 0 Å². The number of hydrogen-bond acceptors (Lipinski definition) is 4. The van der Waals surface area contributed by atoms with Gasteiger partial charge in [-0.3, -0.25) is 9.59 Å². The normalized spacial score (nSPS) is 11.0. The molecule has 8 heteroatoms. The van der Waals surface area contributed by atoms with Crippen molar-refractivity contribution in [2.24, 2.45) is 5.14 Å². The summed E-state index contributed by atoms with van der Waals surface area (Å²) in [6.45, 7) is 0.669. The molecule has 0 spiro atoms. The Morgan fingerprint density at radius 2 is 1.54 bits per heavy atom. The third-order valence-electron chi connectivity index (χ3n) is 3.66. The van der Waals surface area contributed by atoms with Crippen molar-refractivity contribution >= 4 is 21.8 Å². The molecule has 0 atom stereocenters. The maximum absolute atomic E-state index is 11.8. The monoisotopic (exact) mass is 375 g/mol. The van der Waals surface area contributed by atoms with Crippen LogP contribution in [0.4, 0.5) is 0 Å². The van der Waals surface area contributed by atoms with Gasteiger partial charge in [0.05, 0.1) is 4.90 Å². The van der Waals surface area contributed by atoms with E-state index in [4.69, 9.17) is 5.14 Å². The first-order chi connectivity index (χ1) is 12.4. The maximum atomic E-state index is 11.8. The molecule has 4 N–H and O–H groups in total. The average Bonchev–Trinajstić information content (AvgIpc) is 2.62. The SMILES string of the molecule is NS(=O)(=O)c1ccc(CCNC(=O)CCNC(=O)c2ccccc2)cc1. The lowest BCUT2D eigenvalue weighted by Gasteiger charge is -2.07. The standard InChI is InChI=1S/C18H21N3O4S/c19-26(24,25)16-8-6-14(7-9-16)10-12-20-17(22)11-13-21-18(23)15-4-2-1-3-5-15/h1-9H,10-13H2,(H,20,22)(H,21,23)(H2,19,24,25). The second kappa shape index (κ2) is 9.12. The minimum atomic E-state index is -3.70. The summed E-state index contributed by atoms with van der Waals surface area (Å²) >= 11 is 0. The van der Waals surface area contributed by atoms with Crippen LogP contribution < -0.4 is 15.8 Å². The van der Waals surface area contributed by atoms with E-state index < -0.39 is 10.0 Å². The zero-order chi connectivity index (χ0) is 19.0. The quantitative estimate of drug-likeness (QED) is 0.633. The molecule has 0 aliphatic carbocycles. The fourth-order valence-corrected chi connectivity index (χ4v) is 2.78. The van der Waals surface area contributed by atoms with Gasteiger partial charge in [0.25, 0.3) is 5.91 Å². The molecule has 0 unspecified atom stereocenters. The molecular weight excluding hydrogens is 354 g/mol. The first kappa shape index (κ1) is 19.6. The van der Waals surface area contributed by atoms with Gasteiger partial charge < -0.3 is 10.6 Å². The Morgan fingerprint density at radius 3 is 2.15 bits per heavy atom. The first-order valence-corrected chi connectivity index (χ1v) is 9.62. The van der Waals surface area contributed by atoms with Crippen LogP contribution in [-0.4, -0.2) is 33.3 Å². The van der Waals surface area contributed by atoms with E-state index in [-0.39, 0.29) is 29.7 Å². The Labute approximate surface area is 152 Å². The molecule has 2 rings (SSSR count). The molecule has 26 heavy (non-hydrogen) atoms. The molecule has 0 fully saturated rings. The minimum Gasteiger partial charge on any atom is -0.356 e. The highest BCUT2D eigenvalue weighted by molar-refractivity contribution is 7.89. The third kappa shape index (κ3) is 6.30. The molecule has 2 aromatic rings. The number of sulfonamides is 1. The number of carbonyl (C=O) groups is 2. The molecule has 0 saturated heterocycles. The largest absolute Gasteiger partial charge is 0.356 e. The van der Waals surface area contributed by atoms with E-state index in [0.29, 0.717) is 18.5 Å². The van der Waals surface area contributed by atoms with Crippen LogP contribution in [0.15, 0.2) is 59.5 Å². The lowest BCUT2D eigenvalue weighted by Crippen LogP contribution is -2.31. The van der Waals surface area contributed by atoms with E-state index in [1.807, 2.05) is 6.07 Å². The molecule has 0 bridgehead atoms. The zero-order valence-corrected chi connectivity index (χ0v) is 15.0. The van der Waals surface area contributed by atoms with Crippen LogP contribution in [-0.2, 0) is 21.2 Å². The Bertz CT molecular complexity index is 850. The lowest BCUT2D eigenvalue weighted by molar-refractivity contribution is -0.120. The van der Waals surface area contributed by atoms with E-state index in [2.05, 4.69) is 10.6 Å². The van der Waals surface area contributed by atoms with Crippen molar-refractivity contribution in [3.63, 3.8) is 0 Å². The summed E-state index contributed by atoms with van der Waals surface area (Å²) < 4.78 is 22.4. The number of hydrogen-bond donors (Lipinski definition) is 3. The van der Waals surface area contributed by atoms with Crippen molar-refractivity contribution in [1.82, 2.24) is 10.6 Å². The van der Waals surface area contributed by atoms with E-state index in [9.17, 15) is 18.0 Å². The van der Waals surface area contributed by atoms with E-state index >= 15 is 0 Å². The summed E-state index contributed by atoms with van der Waals surface area (Å²) in [5.41, 5.74) is 1.44. The van der Waals surface area contributed by atoms with Crippen LogP contribution in [0.25, 0.3) is 0 Å². The second-order valence-corrected chi connectivity index (χ2v) is 7.22. The topological polar surface area (TPSA) is 118 Å². The highest BCUT2D eigenvalue weighted by Gasteiger charge is 2.08. The molecule has 2 amide bonds. The van der Waals surface area contributed by atoms with E-state index in [0.717, 1.165) is 5.56 Å². The second-order valence-electron chi connectivity index (χ2n) is 5.66. The number of benzene rings is 2. The number of rotatable bonds is 8. The number of nitrogens with two attached hydrogens (primary N) is 1. The fraction of sp³-hybridized carbons (Fsp3) is 0.222. The summed E-state index contributed by atoms with van der Waals surface area (Å²) in [6, 6.07) is 15.0. The fourth-order valence-electron chi connectivity index (χ4n) is 2.26. The summed E-state index contributed by atoms with van der Waals surface area (Å²) in [7, 11) is -3.70. The molecule has 0 aliphatic heterocycles. The summed E-state index contributed by atoms with van der Waals surface area (Å²) in [4.78, 5) is 23.7. The number of amides is 2. The lowest BCUT2D eigenvalue weighted by atomic mass is 10.1. The first-order valence-electron chi connectivity index (χ1n) is 8.08. The molecule has 0 saturated carbocycles. The number of carbonyl (C=O) groups excluding carboxylic acids is 2. The Balaban J connectivity index is 1.67. The van der Waals surface area contributed by atoms with E-state index in [1.165, 1.54) is 12.1 Å². The van der Waals surface area contributed by atoms with Crippen LogP contribution in [0.1, 0.15) is 22.3 Å². The summed E-state index contributed by atoms with van der Waals surface area (Å²) in [6.07, 6.45) is 0.746. The number of primary sulfonamides is 1. The van der Waals surface area contributed by atoms with Crippen molar-refractivity contribution in [2.45, 2.75) is 17.7 Å². The van der Waals surface area contributed by atoms with Crippen LogP contribution in [0.5, 0.6) is 0 Å². The maximum Gasteiger partial charge on any atom is 0.251 e. The highest BCUT2D eigenvalue weighted by Crippen LogP contribution is 2.08. The molecular formula is C18H21N3O4S. The third-order valence-corrected chi connectivity index (χ3v) is 4.59. The summed E-state index contributed by atoms with van der Waals surface area (Å²) in [5.74, 6) is -0.382. The van der Waals surface area contributed by atoms with Gasteiger partial charge in [-0.25, -0.2) is 13.6 Å². The number of nitrogens with one attached hydrogen (secondary N) is 2. The average molecular weight is 375 g/mol. The van der Waals surface area contributed by atoms with Crippen LogP contribution in [0.2, 0.25) is 0 Å². The minimum absolute atomic E-state index is 0.0550. The molecule has 7 nitrogen and oxygen atoms in total. The predicted octanol–water partition coefficient (Wildman–Crippen LogP) is 0.813. The van der Waals surface area contributed by atoms with Crippen LogP contribution >= 0.6 is 0 Å². The highest BCUT2D eigenvalue weighted by atomic mass is 32.2. The summed E-state index contributed by atoms with van der Waals surface area (Å²) in [5, 5.41) is 10.5. The molecule has 2 aromatic carbocycles. The zero-order valence-electron chi connectivity index (χ0n) is 14.1. The van der Waals surface area contributed by atoms with Crippen molar-refractivity contribution < 1.29 is 18.0 Å². The van der Waals surface area contributed by atoms with Crippen LogP contribution in [0, 0.1) is 0 Å². The molecule has 138 valence electrons. The van der Waals surface area contributed by atoms with Gasteiger partial charge in [-0.05, 0) is 36.2 Å². The van der Waals surface area contributed by atoms with Gasteiger partial charge in [-0.15, -0.1) is 0 Å². The van der Waals surface area contributed by atoms with Gasteiger partial charge in [0, 0.05) is 25.1 Å². The van der Waals surface area contributed by atoms with Gasteiger partial charge in [0.2, 0.25) is 15.9 Å². The predicted molar refractivity (Wildman–Crippen MR) is 97.9 cm³/mol. The molecule has 0 heterocycles. The van der Waals surface area contributed by atoms with E-state index in [1.54, 1.807) is 36.4 Å². The molecule has 0 radical (unpaired) electrons. The molecule has 0 aliphatic rings.